The third-order valence-corrected chi connectivity index (χ3v) is 3.77. The molecule has 0 spiro atoms. The van der Waals surface area contributed by atoms with Gasteiger partial charge in [-0.05, 0) is 37.7 Å². The Bertz CT molecular complexity index is 664. The van der Waals surface area contributed by atoms with Crippen molar-refractivity contribution in [2.24, 2.45) is 0 Å². The first-order valence-corrected chi connectivity index (χ1v) is 7.18. The van der Waals surface area contributed by atoms with E-state index in [4.69, 9.17) is 4.42 Å². The number of furan rings is 1. The Morgan fingerprint density at radius 1 is 1.32 bits per heavy atom. The minimum Gasteiger partial charge on any atom is -0.446 e. The van der Waals surface area contributed by atoms with E-state index >= 15 is 0 Å². The lowest BCUT2D eigenvalue weighted by molar-refractivity contribution is 0.408. The number of rotatable bonds is 5. The minimum atomic E-state index is -3.72. The van der Waals surface area contributed by atoms with Gasteiger partial charge in [0.25, 0.3) is 10.0 Å². The highest BCUT2D eigenvalue weighted by atomic mass is 32.2. The fourth-order valence-electron chi connectivity index (χ4n) is 1.54. The van der Waals surface area contributed by atoms with E-state index in [0.29, 0.717) is 18.0 Å². The molecule has 0 atom stereocenters. The van der Waals surface area contributed by atoms with Crippen LogP contribution in [0.3, 0.4) is 0 Å². The van der Waals surface area contributed by atoms with Crippen LogP contribution in [-0.2, 0) is 16.6 Å². The number of anilines is 1. The summed E-state index contributed by atoms with van der Waals surface area (Å²) in [5, 5.41) is 2.78. The maximum atomic E-state index is 12.1. The summed E-state index contributed by atoms with van der Waals surface area (Å²) in [6.07, 6.45) is 3.06. The largest absolute Gasteiger partial charge is 0.446 e. The molecule has 2 heterocycles. The predicted octanol–water partition coefficient (Wildman–Crippen LogP) is 1.50. The summed E-state index contributed by atoms with van der Waals surface area (Å²) in [6.45, 7) is 2.27. The van der Waals surface area contributed by atoms with Gasteiger partial charge in [-0.25, -0.2) is 0 Å². The molecule has 0 aliphatic rings. The van der Waals surface area contributed by atoms with Crippen molar-refractivity contribution in [3.8, 4) is 0 Å². The Balaban J connectivity index is 2.25. The number of hydrogen-bond donors (Lipinski definition) is 2. The summed E-state index contributed by atoms with van der Waals surface area (Å²) in [6, 6.07) is 4.79. The first-order chi connectivity index (χ1) is 9.03. The van der Waals surface area contributed by atoms with Gasteiger partial charge in [0, 0.05) is 6.20 Å². The van der Waals surface area contributed by atoms with Crippen LogP contribution in [0.2, 0.25) is 0 Å². The third-order valence-electron chi connectivity index (χ3n) is 2.54. The number of aromatic nitrogens is 1. The lowest BCUT2D eigenvalue weighted by atomic mass is 10.3. The Hall–Kier alpha value is -1.86. The van der Waals surface area contributed by atoms with Gasteiger partial charge < -0.3 is 9.73 Å². The molecule has 0 aliphatic heterocycles. The zero-order valence-electron chi connectivity index (χ0n) is 10.7. The van der Waals surface area contributed by atoms with Crippen molar-refractivity contribution in [2.45, 2.75) is 18.6 Å². The van der Waals surface area contributed by atoms with Crippen LogP contribution in [0.25, 0.3) is 0 Å². The first kappa shape index (κ1) is 13.6. The van der Waals surface area contributed by atoms with Crippen molar-refractivity contribution in [2.75, 3.05) is 11.8 Å². The van der Waals surface area contributed by atoms with Gasteiger partial charge in [0.15, 0.2) is 0 Å². The second-order valence-corrected chi connectivity index (χ2v) is 5.66. The molecule has 0 unspecified atom stereocenters. The van der Waals surface area contributed by atoms with Crippen molar-refractivity contribution in [1.29, 1.82) is 0 Å². The van der Waals surface area contributed by atoms with Gasteiger partial charge in [0.2, 0.25) is 5.09 Å². The topological polar surface area (TPSA) is 84.2 Å². The van der Waals surface area contributed by atoms with Crippen LogP contribution in [0.4, 0.5) is 5.69 Å². The van der Waals surface area contributed by atoms with Crippen molar-refractivity contribution in [1.82, 2.24) is 10.3 Å². The van der Waals surface area contributed by atoms with Gasteiger partial charge in [-0.15, -0.1) is 0 Å². The molecule has 0 radical (unpaired) electrons. The van der Waals surface area contributed by atoms with E-state index in [0.717, 1.165) is 5.56 Å². The second kappa shape index (κ2) is 5.41. The molecular weight excluding hydrogens is 266 g/mol. The highest BCUT2D eigenvalue weighted by molar-refractivity contribution is 7.92. The average molecular weight is 281 g/mol. The number of sulfonamides is 1. The molecule has 6 nitrogen and oxygen atoms in total. The first-order valence-electron chi connectivity index (χ1n) is 5.69. The highest BCUT2D eigenvalue weighted by Gasteiger charge is 2.19. The average Bonchev–Trinajstić information content (AvgIpc) is 2.82. The summed E-state index contributed by atoms with van der Waals surface area (Å²) in [7, 11) is -1.96. The number of nitrogens with one attached hydrogen (secondary N) is 2. The molecule has 2 aromatic rings. The monoisotopic (exact) mass is 281 g/mol. The van der Waals surface area contributed by atoms with E-state index in [9.17, 15) is 8.42 Å². The van der Waals surface area contributed by atoms with E-state index in [2.05, 4.69) is 15.0 Å². The molecule has 0 bridgehead atoms. The van der Waals surface area contributed by atoms with Gasteiger partial charge in [-0.2, -0.15) is 8.42 Å². The molecule has 0 saturated carbocycles. The number of nitrogens with zero attached hydrogens (tertiary/aromatic N) is 1. The van der Waals surface area contributed by atoms with Gasteiger partial charge in [0.05, 0.1) is 18.4 Å². The van der Waals surface area contributed by atoms with E-state index < -0.39 is 10.0 Å². The van der Waals surface area contributed by atoms with E-state index in [-0.39, 0.29) is 5.09 Å². The van der Waals surface area contributed by atoms with Crippen molar-refractivity contribution in [3.05, 3.63) is 41.9 Å². The summed E-state index contributed by atoms with van der Waals surface area (Å²) >= 11 is 0. The van der Waals surface area contributed by atoms with Crippen LogP contribution in [0.15, 0.2) is 40.1 Å². The smallest absolute Gasteiger partial charge is 0.295 e. The van der Waals surface area contributed by atoms with Crippen LogP contribution >= 0.6 is 0 Å². The van der Waals surface area contributed by atoms with Crippen LogP contribution in [0.5, 0.6) is 0 Å². The maximum Gasteiger partial charge on any atom is 0.295 e. The summed E-state index contributed by atoms with van der Waals surface area (Å²) < 4.78 is 32.0. The predicted molar refractivity (Wildman–Crippen MR) is 71.3 cm³/mol. The van der Waals surface area contributed by atoms with Crippen molar-refractivity contribution >= 4 is 15.7 Å². The highest BCUT2D eigenvalue weighted by Crippen LogP contribution is 2.20. The van der Waals surface area contributed by atoms with Crippen LogP contribution in [0, 0.1) is 6.92 Å². The lowest BCUT2D eigenvalue weighted by Gasteiger charge is -2.07. The van der Waals surface area contributed by atoms with Crippen LogP contribution < -0.4 is 10.0 Å². The molecule has 0 aromatic carbocycles. The minimum absolute atomic E-state index is 0.110. The van der Waals surface area contributed by atoms with Crippen molar-refractivity contribution in [3.63, 3.8) is 0 Å². The fourth-order valence-corrected chi connectivity index (χ4v) is 2.61. The van der Waals surface area contributed by atoms with Gasteiger partial charge in [0.1, 0.15) is 5.76 Å². The number of hydrogen-bond acceptors (Lipinski definition) is 5. The molecule has 0 aliphatic carbocycles. The molecular formula is C12H15N3O3S. The van der Waals surface area contributed by atoms with Gasteiger partial charge >= 0.3 is 0 Å². The second-order valence-electron chi connectivity index (χ2n) is 4.05. The molecule has 2 rings (SSSR count). The zero-order valence-corrected chi connectivity index (χ0v) is 11.5. The Morgan fingerprint density at radius 2 is 2.11 bits per heavy atom. The molecule has 0 saturated heterocycles. The van der Waals surface area contributed by atoms with Crippen molar-refractivity contribution < 1.29 is 12.8 Å². The molecule has 0 amide bonds. The molecule has 7 heteroatoms. The normalized spacial score (nSPS) is 11.5. The van der Waals surface area contributed by atoms with Crippen LogP contribution in [-0.4, -0.2) is 20.4 Å². The standard InChI is InChI=1S/C12H15N3O3S/c1-9-5-6-14-8-11(9)15-19(16,17)12-4-3-10(18-12)7-13-2/h3-6,8,13,15H,7H2,1-2H3. The fraction of sp³-hybridized carbons (Fsp3) is 0.250. The quantitative estimate of drug-likeness (QED) is 0.867. The Kier molecular flexibility index (Phi) is 3.87. The summed E-state index contributed by atoms with van der Waals surface area (Å²) in [5.74, 6) is 0.561. The van der Waals surface area contributed by atoms with Gasteiger partial charge in [-0.3, -0.25) is 9.71 Å². The Morgan fingerprint density at radius 3 is 2.79 bits per heavy atom. The lowest BCUT2D eigenvalue weighted by Crippen LogP contribution is -2.13. The SMILES string of the molecule is CNCc1ccc(S(=O)(=O)Nc2cnccc2C)o1. The van der Waals surface area contributed by atoms with E-state index in [1.54, 1.807) is 32.3 Å². The number of aryl methyl sites for hydroxylation is 1. The maximum absolute atomic E-state index is 12.1. The van der Waals surface area contributed by atoms with Gasteiger partial charge in [-0.1, -0.05) is 0 Å². The molecule has 2 N–H and O–H groups in total. The third kappa shape index (κ3) is 3.12. The van der Waals surface area contributed by atoms with E-state index in [1.165, 1.54) is 12.3 Å². The molecule has 0 fully saturated rings. The number of pyridine rings is 1. The molecule has 2 aromatic heterocycles. The van der Waals surface area contributed by atoms with Crippen LogP contribution in [0.1, 0.15) is 11.3 Å². The summed E-state index contributed by atoms with van der Waals surface area (Å²) in [4.78, 5) is 3.89. The molecule has 102 valence electrons. The zero-order chi connectivity index (χ0) is 13.9. The van der Waals surface area contributed by atoms with E-state index in [1.807, 2.05) is 0 Å². The summed E-state index contributed by atoms with van der Waals surface area (Å²) in [5.41, 5.74) is 1.23. The molecule has 19 heavy (non-hydrogen) atoms. The Labute approximate surface area is 111 Å².